The van der Waals surface area contributed by atoms with Gasteiger partial charge in [-0.1, -0.05) is 18.2 Å². The number of amides is 1. The third-order valence-corrected chi connectivity index (χ3v) is 5.45. The van der Waals surface area contributed by atoms with Crippen molar-refractivity contribution >= 4 is 21.6 Å². The quantitative estimate of drug-likeness (QED) is 0.687. The van der Waals surface area contributed by atoms with Crippen molar-refractivity contribution in [3.8, 4) is 5.75 Å². The zero-order valence-corrected chi connectivity index (χ0v) is 17.8. The Morgan fingerprint density at radius 1 is 1.07 bits per heavy atom. The maximum absolute atomic E-state index is 12.6. The highest BCUT2D eigenvalue weighted by atomic mass is 32.2. The van der Waals surface area contributed by atoms with Gasteiger partial charge in [-0.3, -0.25) is 9.10 Å². The Labute approximate surface area is 167 Å². The number of benzene rings is 2. The first-order valence-corrected chi connectivity index (χ1v) is 11.0. The molecule has 1 N–H and O–H groups in total. The standard InChI is InChI=1S/C21H28N2O4S/c1-15-7-6-8-20(14-15)27-10-9-22-21(24)18(4)23(28(5,25)26)19-12-16(2)11-17(3)13-19/h6-8,11-14,18H,9-10H2,1-5H3,(H,22,24). The minimum atomic E-state index is -3.63. The van der Waals surface area contributed by atoms with Crippen molar-refractivity contribution in [2.45, 2.75) is 33.7 Å². The van der Waals surface area contributed by atoms with Crippen molar-refractivity contribution in [3.63, 3.8) is 0 Å². The zero-order chi connectivity index (χ0) is 20.9. The number of carbonyl (C=O) groups excluding carboxylic acids is 1. The number of nitrogens with one attached hydrogen (secondary N) is 1. The van der Waals surface area contributed by atoms with Crippen LogP contribution in [0.1, 0.15) is 23.6 Å². The number of sulfonamides is 1. The van der Waals surface area contributed by atoms with Crippen LogP contribution in [-0.4, -0.2) is 39.8 Å². The van der Waals surface area contributed by atoms with Crippen LogP contribution in [0.3, 0.4) is 0 Å². The van der Waals surface area contributed by atoms with Crippen LogP contribution in [0.25, 0.3) is 0 Å². The van der Waals surface area contributed by atoms with Crippen molar-refractivity contribution in [1.29, 1.82) is 0 Å². The highest BCUT2D eigenvalue weighted by Crippen LogP contribution is 2.23. The number of ether oxygens (including phenoxy) is 1. The molecule has 0 saturated heterocycles. The molecule has 152 valence electrons. The molecule has 0 radical (unpaired) electrons. The molecule has 0 fully saturated rings. The van der Waals surface area contributed by atoms with E-state index in [9.17, 15) is 13.2 Å². The van der Waals surface area contributed by atoms with Gasteiger partial charge >= 0.3 is 0 Å². The van der Waals surface area contributed by atoms with Crippen molar-refractivity contribution in [2.24, 2.45) is 0 Å². The zero-order valence-electron chi connectivity index (χ0n) is 17.0. The Balaban J connectivity index is 2.03. The van der Waals surface area contributed by atoms with Gasteiger partial charge in [-0.15, -0.1) is 0 Å². The Morgan fingerprint density at radius 2 is 1.71 bits per heavy atom. The van der Waals surface area contributed by atoms with Crippen molar-refractivity contribution in [2.75, 3.05) is 23.7 Å². The number of carbonyl (C=O) groups is 1. The van der Waals surface area contributed by atoms with E-state index in [1.165, 1.54) is 0 Å². The molecule has 1 atom stereocenters. The van der Waals surface area contributed by atoms with E-state index in [1.807, 2.05) is 51.1 Å². The van der Waals surface area contributed by atoms with E-state index in [0.29, 0.717) is 12.3 Å². The number of hydrogen-bond donors (Lipinski definition) is 1. The Morgan fingerprint density at radius 3 is 2.29 bits per heavy atom. The summed E-state index contributed by atoms with van der Waals surface area (Å²) in [5, 5.41) is 2.75. The second-order valence-corrected chi connectivity index (χ2v) is 8.90. The third kappa shape index (κ3) is 5.99. The second kappa shape index (κ2) is 9.10. The molecule has 0 aliphatic rings. The fraction of sp³-hybridized carbons (Fsp3) is 0.381. The van der Waals surface area contributed by atoms with Crippen LogP contribution in [0.15, 0.2) is 42.5 Å². The summed E-state index contributed by atoms with van der Waals surface area (Å²) < 4.78 is 31.5. The predicted octanol–water partition coefficient (Wildman–Crippen LogP) is 2.96. The summed E-state index contributed by atoms with van der Waals surface area (Å²) in [4.78, 5) is 12.6. The van der Waals surface area contributed by atoms with Crippen molar-refractivity contribution in [3.05, 3.63) is 59.2 Å². The Kier molecular flexibility index (Phi) is 7.07. The fourth-order valence-electron chi connectivity index (χ4n) is 3.08. The molecule has 7 heteroatoms. The number of anilines is 1. The Hall–Kier alpha value is -2.54. The minimum absolute atomic E-state index is 0.279. The van der Waals surface area contributed by atoms with Gasteiger partial charge in [0, 0.05) is 0 Å². The van der Waals surface area contributed by atoms with Gasteiger partial charge in [0.25, 0.3) is 0 Å². The van der Waals surface area contributed by atoms with Crippen molar-refractivity contribution < 1.29 is 17.9 Å². The summed E-state index contributed by atoms with van der Waals surface area (Å²) in [6.45, 7) is 7.92. The monoisotopic (exact) mass is 404 g/mol. The maximum Gasteiger partial charge on any atom is 0.243 e. The third-order valence-electron chi connectivity index (χ3n) is 4.21. The number of nitrogens with zero attached hydrogens (tertiary/aromatic N) is 1. The fourth-order valence-corrected chi connectivity index (χ4v) is 4.24. The molecular formula is C21H28N2O4S. The van der Waals surface area contributed by atoms with E-state index >= 15 is 0 Å². The van der Waals surface area contributed by atoms with Gasteiger partial charge in [0.05, 0.1) is 18.5 Å². The minimum Gasteiger partial charge on any atom is -0.492 e. The topological polar surface area (TPSA) is 75.7 Å². The summed E-state index contributed by atoms with van der Waals surface area (Å²) in [5.74, 6) is 0.354. The molecule has 0 aliphatic heterocycles. The van der Waals surface area contributed by atoms with Crippen LogP contribution < -0.4 is 14.4 Å². The number of hydrogen-bond acceptors (Lipinski definition) is 4. The normalized spacial score (nSPS) is 12.3. The van der Waals surface area contributed by atoms with E-state index in [-0.39, 0.29) is 12.5 Å². The molecule has 6 nitrogen and oxygen atoms in total. The average molecular weight is 405 g/mol. The molecule has 28 heavy (non-hydrogen) atoms. The molecule has 2 aromatic carbocycles. The molecule has 0 heterocycles. The predicted molar refractivity (Wildman–Crippen MR) is 112 cm³/mol. The molecule has 2 aromatic rings. The van der Waals surface area contributed by atoms with E-state index in [1.54, 1.807) is 19.1 Å². The van der Waals surface area contributed by atoms with Gasteiger partial charge in [-0.25, -0.2) is 8.42 Å². The van der Waals surface area contributed by atoms with E-state index < -0.39 is 16.1 Å². The van der Waals surface area contributed by atoms with Crippen LogP contribution in [0.2, 0.25) is 0 Å². The molecule has 0 saturated carbocycles. The first-order chi connectivity index (χ1) is 13.1. The lowest BCUT2D eigenvalue weighted by Crippen LogP contribution is -2.48. The maximum atomic E-state index is 12.6. The number of rotatable bonds is 8. The van der Waals surface area contributed by atoms with Crippen LogP contribution >= 0.6 is 0 Å². The molecule has 1 amide bonds. The van der Waals surface area contributed by atoms with Gasteiger partial charge in [0.1, 0.15) is 18.4 Å². The lowest BCUT2D eigenvalue weighted by atomic mass is 10.1. The van der Waals surface area contributed by atoms with Gasteiger partial charge in [0.2, 0.25) is 15.9 Å². The SMILES string of the molecule is Cc1cccc(OCCNC(=O)C(C)N(c2cc(C)cc(C)c2)S(C)(=O)=O)c1. The van der Waals surface area contributed by atoms with Gasteiger partial charge in [-0.05, 0) is 68.7 Å². The largest absolute Gasteiger partial charge is 0.492 e. The van der Waals surface area contributed by atoms with E-state index in [0.717, 1.165) is 33.0 Å². The van der Waals surface area contributed by atoms with Crippen LogP contribution in [0.5, 0.6) is 5.75 Å². The van der Waals surface area contributed by atoms with Crippen molar-refractivity contribution in [1.82, 2.24) is 5.32 Å². The molecular weight excluding hydrogens is 376 g/mol. The van der Waals surface area contributed by atoms with Gasteiger partial charge in [-0.2, -0.15) is 0 Å². The molecule has 0 bridgehead atoms. The second-order valence-electron chi connectivity index (χ2n) is 7.04. The molecule has 1 unspecified atom stereocenters. The average Bonchev–Trinajstić information content (AvgIpc) is 2.56. The molecule has 0 aliphatic carbocycles. The smallest absolute Gasteiger partial charge is 0.243 e. The summed E-state index contributed by atoms with van der Waals surface area (Å²) in [6, 6.07) is 12.2. The first-order valence-electron chi connectivity index (χ1n) is 9.13. The lowest BCUT2D eigenvalue weighted by molar-refractivity contribution is -0.121. The highest BCUT2D eigenvalue weighted by Gasteiger charge is 2.29. The Bertz CT molecular complexity index is 921. The molecule has 2 rings (SSSR count). The number of aryl methyl sites for hydroxylation is 3. The van der Waals surface area contributed by atoms with Gasteiger partial charge in [0.15, 0.2) is 0 Å². The first kappa shape index (κ1) is 21.8. The summed E-state index contributed by atoms with van der Waals surface area (Å²) in [6.07, 6.45) is 1.11. The highest BCUT2D eigenvalue weighted by molar-refractivity contribution is 7.92. The summed E-state index contributed by atoms with van der Waals surface area (Å²) in [5.41, 5.74) is 3.44. The van der Waals surface area contributed by atoms with Gasteiger partial charge < -0.3 is 10.1 Å². The van der Waals surface area contributed by atoms with Crippen LogP contribution in [0.4, 0.5) is 5.69 Å². The van der Waals surface area contributed by atoms with Crippen LogP contribution in [0, 0.1) is 20.8 Å². The lowest BCUT2D eigenvalue weighted by Gasteiger charge is -2.28. The molecule has 0 aromatic heterocycles. The van der Waals surface area contributed by atoms with E-state index in [4.69, 9.17) is 4.74 Å². The van der Waals surface area contributed by atoms with Crippen LogP contribution in [-0.2, 0) is 14.8 Å². The summed E-state index contributed by atoms with van der Waals surface area (Å²) >= 11 is 0. The summed E-state index contributed by atoms with van der Waals surface area (Å²) in [7, 11) is -3.63. The van der Waals surface area contributed by atoms with E-state index in [2.05, 4.69) is 5.32 Å². The molecule has 0 spiro atoms.